The van der Waals surface area contributed by atoms with Crippen LogP contribution in [-0.2, 0) is 0 Å². The number of hydrogen-bond donors (Lipinski definition) is 0. The van der Waals surface area contributed by atoms with Crippen LogP contribution in [0.3, 0.4) is 0 Å². The van der Waals surface area contributed by atoms with E-state index in [1.54, 1.807) is 9.03 Å². The predicted molar refractivity (Wildman–Crippen MR) is 123 cm³/mol. The van der Waals surface area contributed by atoms with Crippen LogP contribution in [0.2, 0.25) is 0 Å². The third-order valence-corrected chi connectivity index (χ3v) is 7.72. The maximum atomic E-state index is 4.72. The smallest absolute Gasteiger partial charge is 0.182 e. The van der Waals surface area contributed by atoms with Gasteiger partial charge in [0.05, 0.1) is 0 Å². The van der Waals surface area contributed by atoms with Gasteiger partial charge in [0, 0.05) is 20.1 Å². The minimum absolute atomic E-state index is 0.678. The van der Waals surface area contributed by atoms with Gasteiger partial charge in [0.25, 0.3) is 0 Å². The fourth-order valence-electron chi connectivity index (χ4n) is 3.03. The van der Waals surface area contributed by atoms with Crippen LogP contribution in [0.25, 0.3) is 42.7 Å². The molecule has 6 rings (SSSR count). The molecule has 146 valence electrons. The van der Waals surface area contributed by atoms with Crippen LogP contribution < -0.4 is 0 Å². The molecule has 0 unspecified atom stereocenters. The minimum atomic E-state index is 0.678. The zero-order valence-electron chi connectivity index (χ0n) is 14.8. The molecule has 0 aliphatic carbocycles. The lowest BCUT2D eigenvalue weighted by molar-refractivity contribution is 0.943. The highest BCUT2D eigenvalue weighted by atomic mass is 79.9. The van der Waals surface area contributed by atoms with Crippen LogP contribution >= 0.6 is 54.5 Å². The highest BCUT2D eigenvalue weighted by molar-refractivity contribution is 9.11. The Balaban J connectivity index is 1.47. The van der Waals surface area contributed by atoms with Crippen LogP contribution in [0.4, 0.5) is 0 Å². The van der Waals surface area contributed by atoms with E-state index < -0.39 is 0 Å². The molecule has 0 saturated carbocycles. The molecular formula is C18H8Br2N8S2. The molecule has 0 spiro atoms. The number of rotatable bonds is 3. The molecule has 0 bridgehead atoms. The SMILES string of the molecule is Brc1ccccc1-c1nnc2sc(-c3nn4c(-c5ccccc5Br)nnc4s3)nn12. The molecule has 0 aliphatic rings. The van der Waals surface area contributed by atoms with Crippen molar-refractivity contribution in [2.45, 2.75) is 0 Å². The van der Waals surface area contributed by atoms with Crippen molar-refractivity contribution in [2.24, 2.45) is 0 Å². The first kappa shape index (κ1) is 18.2. The molecule has 2 aromatic carbocycles. The van der Waals surface area contributed by atoms with E-state index in [9.17, 15) is 0 Å². The third kappa shape index (κ3) is 2.82. The molecule has 4 heterocycles. The van der Waals surface area contributed by atoms with Crippen molar-refractivity contribution in [1.29, 1.82) is 0 Å². The van der Waals surface area contributed by atoms with Crippen LogP contribution in [0.15, 0.2) is 57.5 Å². The highest BCUT2D eigenvalue weighted by Gasteiger charge is 2.21. The number of aromatic nitrogens is 8. The van der Waals surface area contributed by atoms with E-state index in [1.807, 2.05) is 48.5 Å². The van der Waals surface area contributed by atoms with Gasteiger partial charge in [0.2, 0.25) is 9.92 Å². The van der Waals surface area contributed by atoms with Crippen LogP contribution in [0.1, 0.15) is 0 Å². The van der Waals surface area contributed by atoms with Crippen molar-refractivity contribution in [3.8, 4) is 32.8 Å². The third-order valence-electron chi connectivity index (χ3n) is 4.39. The topological polar surface area (TPSA) is 86.2 Å². The zero-order valence-corrected chi connectivity index (χ0v) is 19.6. The molecule has 6 aromatic rings. The molecule has 0 N–H and O–H groups in total. The number of benzene rings is 2. The van der Waals surface area contributed by atoms with Gasteiger partial charge >= 0.3 is 0 Å². The van der Waals surface area contributed by atoms with E-state index in [1.165, 1.54) is 22.7 Å². The quantitative estimate of drug-likeness (QED) is 0.296. The van der Waals surface area contributed by atoms with Crippen molar-refractivity contribution in [3.05, 3.63) is 57.5 Å². The molecule has 0 fully saturated rings. The molecule has 30 heavy (non-hydrogen) atoms. The maximum Gasteiger partial charge on any atom is 0.235 e. The molecule has 4 aromatic heterocycles. The standard InChI is InChI=1S/C18H8Br2N8S2/c19-11-7-3-1-5-9(11)13-21-23-17-27(13)25-15(29-17)16-26-28-14(22-24-18(28)30-16)10-6-2-4-8-12(10)20/h1-8H. The lowest BCUT2D eigenvalue weighted by Gasteiger charge is -1.99. The Hall–Kier alpha value is -2.54. The van der Waals surface area contributed by atoms with Crippen molar-refractivity contribution < 1.29 is 0 Å². The van der Waals surface area contributed by atoms with Crippen molar-refractivity contribution in [3.63, 3.8) is 0 Å². The monoisotopic (exact) mass is 558 g/mol. The molecule has 12 heteroatoms. The van der Waals surface area contributed by atoms with Gasteiger partial charge in [-0.25, -0.2) is 0 Å². The number of hydrogen-bond acceptors (Lipinski definition) is 8. The second-order valence-corrected chi connectivity index (χ2v) is 9.83. The van der Waals surface area contributed by atoms with E-state index in [2.05, 4.69) is 52.3 Å². The van der Waals surface area contributed by atoms with Gasteiger partial charge in [-0.3, -0.25) is 0 Å². The van der Waals surface area contributed by atoms with Gasteiger partial charge in [-0.1, -0.05) is 78.8 Å². The van der Waals surface area contributed by atoms with Crippen molar-refractivity contribution in [1.82, 2.24) is 39.6 Å². The number of fused-ring (bicyclic) bond motifs is 2. The Morgan fingerprint density at radius 3 is 1.47 bits per heavy atom. The first-order valence-electron chi connectivity index (χ1n) is 8.64. The molecule has 0 atom stereocenters. The lowest BCUT2D eigenvalue weighted by Crippen LogP contribution is -1.93. The normalized spacial score (nSPS) is 11.7. The molecule has 0 radical (unpaired) electrons. The summed E-state index contributed by atoms with van der Waals surface area (Å²) in [7, 11) is 0. The molecule has 0 saturated heterocycles. The number of nitrogens with zero attached hydrogens (tertiary/aromatic N) is 8. The largest absolute Gasteiger partial charge is 0.235 e. The summed E-state index contributed by atoms with van der Waals surface area (Å²) in [5.41, 5.74) is 1.85. The summed E-state index contributed by atoms with van der Waals surface area (Å²) in [5.74, 6) is 1.36. The van der Waals surface area contributed by atoms with Crippen LogP contribution in [0.5, 0.6) is 0 Å². The van der Waals surface area contributed by atoms with Crippen molar-refractivity contribution in [2.75, 3.05) is 0 Å². The summed E-state index contributed by atoms with van der Waals surface area (Å²) in [6.07, 6.45) is 0. The minimum Gasteiger partial charge on any atom is -0.182 e. The Labute approximate surface area is 193 Å². The summed E-state index contributed by atoms with van der Waals surface area (Å²) < 4.78 is 5.37. The van der Waals surface area contributed by atoms with Gasteiger partial charge in [-0.05, 0) is 24.3 Å². The summed E-state index contributed by atoms with van der Waals surface area (Å²) in [4.78, 5) is 1.40. The van der Waals surface area contributed by atoms with E-state index in [0.717, 1.165) is 30.1 Å². The van der Waals surface area contributed by atoms with E-state index in [4.69, 9.17) is 10.2 Å². The van der Waals surface area contributed by atoms with Crippen LogP contribution in [0, 0.1) is 0 Å². The summed E-state index contributed by atoms with van der Waals surface area (Å²) in [6, 6.07) is 15.7. The molecule has 0 amide bonds. The maximum absolute atomic E-state index is 4.72. The van der Waals surface area contributed by atoms with Gasteiger partial charge in [0.1, 0.15) is 0 Å². The Morgan fingerprint density at radius 1 is 0.600 bits per heavy atom. The van der Waals surface area contributed by atoms with E-state index in [-0.39, 0.29) is 0 Å². The number of halogens is 2. The van der Waals surface area contributed by atoms with Gasteiger partial charge in [-0.15, -0.1) is 30.6 Å². The average Bonchev–Trinajstić information content (AvgIpc) is 3.49. The van der Waals surface area contributed by atoms with E-state index >= 15 is 0 Å². The summed E-state index contributed by atoms with van der Waals surface area (Å²) in [5, 5.41) is 28.1. The van der Waals surface area contributed by atoms with Gasteiger partial charge in [0.15, 0.2) is 21.7 Å². The highest BCUT2D eigenvalue weighted by Crippen LogP contribution is 2.34. The first-order chi connectivity index (χ1) is 14.7. The van der Waals surface area contributed by atoms with Gasteiger partial charge in [-0.2, -0.15) is 9.03 Å². The summed E-state index contributed by atoms with van der Waals surface area (Å²) >= 11 is 10.0. The molecular weight excluding hydrogens is 552 g/mol. The molecule has 8 nitrogen and oxygen atoms in total. The fraction of sp³-hybridized carbons (Fsp3) is 0. The zero-order chi connectivity index (χ0) is 20.2. The van der Waals surface area contributed by atoms with Crippen molar-refractivity contribution >= 4 is 64.5 Å². The molecule has 0 aliphatic heterocycles. The lowest BCUT2D eigenvalue weighted by atomic mass is 10.2. The average molecular weight is 560 g/mol. The Morgan fingerprint density at radius 2 is 1.03 bits per heavy atom. The first-order valence-corrected chi connectivity index (χ1v) is 11.9. The summed E-state index contributed by atoms with van der Waals surface area (Å²) in [6.45, 7) is 0. The Bertz CT molecular complexity index is 1430. The second-order valence-electron chi connectivity index (χ2n) is 6.21. The predicted octanol–water partition coefficient (Wildman–Crippen LogP) is 5.21. The van der Waals surface area contributed by atoms with Gasteiger partial charge < -0.3 is 0 Å². The van der Waals surface area contributed by atoms with E-state index in [0.29, 0.717) is 21.6 Å². The van der Waals surface area contributed by atoms with Crippen LogP contribution in [-0.4, -0.2) is 39.6 Å². The second kappa shape index (κ2) is 7.01. The Kier molecular flexibility index (Phi) is 4.26. The fourth-order valence-corrected chi connectivity index (χ4v) is 5.64.